The number of aromatic nitrogens is 1. The van der Waals surface area contributed by atoms with Crippen LogP contribution in [0.5, 0.6) is 0 Å². The van der Waals surface area contributed by atoms with Gasteiger partial charge in [0, 0.05) is 11.9 Å². The Morgan fingerprint density at radius 3 is 2.46 bits per heavy atom. The number of amides is 1. The summed E-state index contributed by atoms with van der Waals surface area (Å²) in [6.07, 6.45) is 1.11. The van der Waals surface area contributed by atoms with E-state index in [4.69, 9.17) is 4.42 Å². The van der Waals surface area contributed by atoms with Crippen LogP contribution in [0, 0.1) is 0 Å². The second-order valence-corrected chi connectivity index (χ2v) is 7.28. The number of nitrogens with one attached hydrogen (secondary N) is 1. The van der Waals surface area contributed by atoms with Crippen molar-refractivity contribution in [2.75, 3.05) is 11.6 Å². The van der Waals surface area contributed by atoms with Gasteiger partial charge in [-0.15, -0.1) is 0 Å². The number of para-hydroxylation sites is 2. The van der Waals surface area contributed by atoms with Crippen molar-refractivity contribution in [3.63, 3.8) is 0 Å². The van der Waals surface area contributed by atoms with E-state index in [9.17, 15) is 18.0 Å². The quantitative estimate of drug-likeness (QED) is 0.774. The van der Waals surface area contributed by atoms with Crippen LogP contribution in [0.4, 0.5) is 5.69 Å². The lowest BCUT2D eigenvalue weighted by Gasteiger charge is -2.06. The lowest BCUT2D eigenvalue weighted by molar-refractivity contribution is -0.116. The first-order chi connectivity index (χ1) is 11.3. The minimum Gasteiger partial charge on any atom is -0.408 e. The molecule has 0 aliphatic carbocycles. The highest BCUT2D eigenvalue weighted by atomic mass is 32.2. The van der Waals surface area contributed by atoms with E-state index in [1.54, 1.807) is 24.3 Å². The minimum absolute atomic E-state index is 0.164. The lowest BCUT2D eigenvalue weighted by Crippen LogP contribution is -2.24. The number of benzene rings is 2. The zero-order valence-corrected chi connectivity index (χ0v) is 13.5. The molecule has 1 heterocycles. The van der Waals surface area contributed by atoms with Gasteiger partial charge in [-0.3, -0.25) is 9.36 Å². The summed E-state index contributed by atoms with van der Waals surface area (Å²) < 4.78 is 29.1. The Balaban J connectivity index is 1.78. The molecule has 0 aliphatic rings. The summed E-state index contributed by atoms with van der Waals surface area (Å²) in [7, 11) is -3.29. The molecular weight excluding hydrogens is 332 g/mol. The number of hydrogen-bond acceptors (Lipinski definition) is 5. The Morgan fingerprint density at radius 2 is 1.79 bits per heavy atom. The summed E-state index contributed by atoms with van der Waals surface area (Å²) in [4.78, 5) is 24.1. The maximum atomic E-state index is 12.1. The van der Waals surface area contributed by atoms with Gasteiger partial charge in [0.25, 0.3) is 0 Å². The Hall–Kier alpha value is -2.87. The molecule has 124 valence electrons. The van der Waals surface area contributed by atoms with Crippen LogP contribution in [-0.4, -0.2) is 25.1 Å². The third-order valence-electron chi connectivity index (χ3n) is 3.44. The number of carbonyl (C=O) groups excluding carboxylic acids is 1. The molecule has 8 heteroatoms. The first-order valence-corrected chi connectivity index (χ1v) is 8.92. The molecule has 3 rings (SSSR count). The standard InChI is InChI=1S/C16H14N2O5S/c1-24(21,22)12-8-6-11(7-9-12)17-15(19)10-18-13-4-2-3-5-14(13)23-16(18)20/h2-9H,10H2,1H3,(H,17,19). The second kappa shape index (κ2) is 5.97. The van der Waals surface area contributed by atoms with Crippen LogP contribution in [0.15, 0.2) is 62.6 Å². The number of carbonyl (C=O) groups is 1. The Kier molecular flexibility index (Phi) is 3.98. The number of oxazole rings is 1. The molecule has 0 spiro atoms. The van der Waals surface area contributed by atoms with Crippen molar-refractivity contribution in [2.45, 2.75) is 11.4 Å². The monoisotopic (exact) mass is 346 g/mol. The van der Waals surface area contributed by atoms with Crippen LogP contribution < -0.4 is 11.1 Å². The summed E-state index contributed by atoms with van der Waals surface area (Å²) in [5, 5.41) is 2.62. The number of hydrogen-bond donors (Lipinski definition) is 1. The summed E-state index contributed by atoms with van der Waals surface area (Å²) in [5.41, 5.74) is 1.38. The molecule has 0 aliphatic heterocycles. The highest BCUT2D eigenvalue weighted by molar-refractivity contribution is 7.90. The number of rotatable bonds is 4. The van der Waals surface area contributed by atoms with Crippen molar-refractivity contribution in [1.82, 2.24) is 4.57 Å². The van der Waals surface area contributed by atoms with Crippen LogP contribution >= 0.6 is 0 Å². The average Bonchev–Trinajstić information content (AvgIpc) is 2.83. The summed E-state index contributed by atoms with van der Waals surface area (Å²) in [5.74, 6) is -1.03. The predicted molar refractivity (Wildman–Crippen MR) is 88.7 cm³/mol. The third kappa shape index (κ3) is 3.23. The van der Waals surface area contributed by atoms with Crippen molar-refractivity contribution >= 4 is 32.5 Å². The molecule has 2 aromatic carbocycles. The van der Waals surface area contributed by atoms with E-state index in [0.717, 1.165) is 6.26 Å². The highest BCUT2D eigenvalue weighted by Gasteiger charge is 2.13. The fraction of sp³-hybridized carbons (Fsp3) is 0.125. The summed E-state index contributed by atoms with van der Waals surface area (Å²) in [6, 6.07) is 12.6. The van der Waals surface area contributed by atoms with Crippen LogP contribution in [0.1, 0.15) is 0 Å². The Labute approximate surface area is 137 Å². The molecule has 1 N–H and O–H groups in total. The van der Waals surface area contributed by atoms with Crippen LogP contribution in [0.3, 0.4) is 0 Å². The van der Waals surface area contributed by atoms with Crippen molar-refractivity contribution < 1.29 is 17.6 Å². The predicted octanol–water partition coefficient (Wildman–Crippen LogP) is 1.64. The van der Waals surface area contributed by atoms with Gasteiger partial charge < -0.3 is 9.73 Å². The molecular formula is C16H14N2O5S. The molecule has 0 unspecified atom stereocenters. The number of fused-ring (bicyclic) bond motifs is 1. The zero-order valence-electron chi connectivity index (χ0n) is 12.7. The molecule has 3 aromatic rings. The number of nitrogens with zero attached hydrogens (tertiary/aromatic N) is 1. The van der Waals surface area contributed by atoms with Gasteiger partial charge in [0.1, 0.15) is 6.54 Å². The van der Waals surface area contributed by atoms with Gasteiger partial charge in [-0.25, -0.2) is 13.2 Å². The number of anilines is 1. The van der Waals surface area contributed by atoms with Crippen molar-refractivity contribution in [2.24, 2.45) is 0 Å². The molecule has 0 fully saturated rings. The van der Waals surface area contributed by atoms with Gasteiger partial charge in [-0.05, 0) is 36.4 Å². The SMILES string of the molecule is CS(=O)(=O)c1ccc(NC(=O)Cn2c(=O)oc3ccccc32)cc1. The molecule has 24 heavy (non-hydrogen) atoms. The molecule has 0 atom stereocenters. The van der Waals surface area contributed by atoms with E-state index in [0.29, 0.717) is 16.8 Å². The molecule has 0 saturated heterocycles. The van der Waals surface area contributed by atoms with E-state index in [1.165, 1.54) is 28.8 Å². The van der Waals surface area contributed by atoms with Crippen molar-refractivity contribution in [1.29, 1.82) is 0 Å². The third-order valence-corrected chi connectivity index (χ3v) is 4.57. The summed E-state index contributed by atoms with van der Waals surface area (Å²) in [6.45, 7) is -0.205. The largest absolute Gasteiger partial charge is 0.420 e. The van der Waals surface area contributed by atoms with Gasteiger partial charge in [0.15, 0.2) is 15.4 Å². The van der Waals surface area contributed by atoms with Gasteiger partial charge in [-0.2, -0.15) is 0 Å². The van der Waals surface area contributed by atoms with E-state index >= 15 is 0 Å². The maximum Gasteiger partial charge on any atom is 0.420 e. The maximum absolute atomic E-state index is 12.1. The van der Waals surface area contributed by atoms with E-state index in [-0.39, 0.29) is 11.4 Å². The highest BCUT2D eigenvalue weighted by Crippen LogP contribution is 2.15. The molecule has 1 amide bonds. The Bertz CT molecular complexity index is 1060. The molecule has 0 saturated carbocycles. The van der Waals surface area contributed by atoms with Crippen LogP contribution in [0.25, 0.3) is 11.1 Å². The summed E-state index contributed by atoms with van der Waals surface area (Å²) >= 11 is 0. The fourth-order valence-electron chi connectivity index (χ4n) is 2.29. The normalized spacial score (nSPS) is 11.5. The van der Waals surface area contributed by atoms with E-state index < -0.39 is 21.5 Å². The first-order valence-electron chi connectivity index (χ1n) is 7.03. The smallest absolute Gasteiger partial charge is 0.408 e. The van der Waals surface area contributed by atoms with Gasteiger partial charge >= 0.3 is 5.76 Å². The van der Waals surface area contributed by atoms with Crippen LogP contribution in [-0.2, 0) is 21.2 Å². The Morgan fingerprint density at radius 1 is 1.12 bits per heavy atom. The zero-order chi connectivity index (χ0) is 17.3. The van der Waals surface area contributed by atoms with Gasteiger partial charge in [0.05, 0.1) is 10.4 Å². The minimum atomic E-state index is -3.29. The van der Waals surface area contributed by atoms with Crippen molar-refractivity contribution in [3.05, 3.63) is 59.1 Å². The molecule has 0 radical (unpaired) electrons. The number of sulfone groups is 1. The topological polar surface area (TPSA) is 98.4 Å². The van der Waals surface area contributed by atoms with E-state index in [2.05, 4.69) is 5.32 Å². The lowest BCUT2D eigenvalue weighted by atomic mass is 10.3. The van der Waals surface area contributed by atoms with Gasteiger partial charge in [-0.1, -0.05) is 12.1 Å². The van der Waals surface area contributed by atoms with E-state index in [1.807, 2.05) is 0 Å². The van der Waals surface area contributed by atoms with Crippen molar-refractivity contribution in [3.8, 4) is 0 Å². The van der Waals surface area contributed by atoms with Crippen LogP contribution in [0.2, 0.25) is 0 Å². The average molecular weight is 346 g/mol. The van der Waals surface area contributed by atoms with Gasteiger partial charge in [0.2, 0.25) is 5.91 Å². The molecule has 1 aromatic heterocycles. The molecule has 0 bridgehead atoms. The fourth-order valence-corrected chi connectivity index (χ4v) is 2.92. The first kappa shape index (κ1) is 16.0. The molecule has 7 nitrogen and oxygen atoms in total. The second-order valence-electron chi connectivity index (χ2n) is 5.27.